The summed E-state index contributed by atoms with van der Waals surface area (Å²) in [7, 11) is 1.67. The van der Waals surface area contributed by atoms with Gasteiger partial charge in [-0.3, -0.25) is 4.79 Å². The minimum Gasteiger partial charge on any atom is -0.508 e. The van der Waals surface area contributed by atoms with Gasteiger partial charge in [-0.25, -0.2) is 0 Å². The quantitative estimate of drug-likeness (QED) is 0.823. The molecule has 0 heterocycles. The van der Waals surface area contributed by atoms with Gasteiger partial charge in [-0.15, -0.1) is 0 Å². The van der Waals surface area contributed by atoms with Gasteiger partial charge in [0.1, 0.15) is 5.75 Å². The van der Waals surface area contributed by atoms with Crippen molar-refractivity contribution in [2.24, 2.45) is 11.8 Å². The maximum absolute atomic E-state index is 11.4. The van der Waals surface area contributed by atoms with Crippen molar-refractivity contribution in [2.45, 2.75) is 26.7 Å². The van der Waals surface area contributed by atoms with Crippen LogP contribution in [0.15, 0.2) is 24.3 Å². The molecule has 0 radical (unpaired) electrons. The van der Waals surface area contributed by atoms with Crippen molar-refractivity contribution in [1.29, 1.82) is 0 Å². The Labute approximate surface area is 103 Å². The van der Waals surface area contributed by atoms with Crippen LogP contribution >= 0.6 is 0 Å². The van der Waals surface area contributed by atoms with Crippen LogP contribution < -0.4 is 5.32 Å². The number of carbonyl (C=O) groups is 1. The Morgan fingerprint density at radius 1 is 1.29 bits per heavy atom. The third-order valence-electron chi connectivity index (χ3n) is 2.97. The molecule has 0 saturated heterocycles. The average Bonchev–Trinajstić information content (AvgIpc) is 2.30. The van der Waals surface area contributed by atoms with E-state index in [1.54, 1.807) is 19.2 Å². The molecule has 0 aliphatic heterocycles. The monoisotopic (exact) mass is 235 g/mol. The Kier molecular flexibility index (Phi) is 5.01. The van der Waals surface area contributed by atoms with Crippen LogP contribution in [0.2, 0.25) is 0 Å². The number of rotatable bonds is 5. The highest BCUT2D eigenvalue weighted by atomic mass is 16.3. The Bertz CT molecular complexity index is 359. The largest absolute Gasteiger partial charge is 0.508 e. The van der Waals surface area contributed by atoms with Gasteiger partial charge in [-0.05, 0) is 36.5 Å². The smallest absolute Gasteiger partial charge is 0.222 e. The van der Waals surface area contributed by atoms with E-state index in [0.717, 1.165) is 12.8 Å². The molecule has 1 amide bonds. The Hall–Kier alpha value is -1.51. The number of amides is 1. The number of hydrogen-bond donors (Lipinski definition) is 2. The van der Waals surface area contributed by atoms with Gasteiger partial charge in [0, 0.05) is 13.0 Å². The van der Waals surface area contributed by atoms with Crippen molar-refractivity contribution < 1.29 is 9.90 Å². The molecule has 1 aromatic carbocycles. The number of phenols is 1. The zero-order valence-electron chi connectivity index (χ0n) is 10.7. The molecule has 0 fully saturated rings. The summed E-state index contributed by atoms with van der Waals surface area (Å²) in [6, 6.07) is 7.25. The second-order valence-corrected chi connectivity index (χ2v) is 4.73. The summed E-state index contributed by atoms with van der Waals surface area (Å²) in [6.45, 7) is 4.10. The average molecular weight is 235 g/mol. The Morgan fingerprint density at radius 2 is 1.88 bits per heavy atom. The van der Waals surface area contributed by atoms with E-state index < -0.39 is 0 Å². The van der Waals surface area contributed by atoms with E-state index in [4.69, 9.17) is 0 Å². The Balaban J connectivity index is 2.46. The fourth-order valence-electron chi connectivity index (χ4n) is 2.07. The molecular formula is C14H21NO2. The van der Waals surface area contributed by atoms with Crippen molar-refractivity contribution in [3.8, 4) is 5.75 Å². The fraction of sp³-hybridized carbons (Fsp3) is 0.500. The lowest BCUT2D eigenvalue weighted by molar-refractivity contribution is -0.124. The van der Waals surface area contributed by atoms with Crippen LogP contribution in [0.25, 0.3) is 0 Å². The molecule has 3 nitrogen and oxygen atoms in total. The van der Waals surface area contributed by atoms with Crippen molar-refractivity contribution in [3.05, 3.63) is 29.8 Å². The summed E-state index contributed by atoms with van der Waals surface area (Å²) in [5, 5.41) is 11.9. The normalized spacial score (nSPS) is 14.1. The SMILES string of the molecule is CNC(=O)[C@@H](C)C[C@@H](C)Cc1ccc(O)cc1. The Morgan fingerprint density at radius 3 is 2.41 bits per heavy atom. The van der Waals surface area contributed by atoms with Gasteiger partial charge in [0.2, 0.25) is 5.91 Å². The molecule has 94 valence electrons. The van der Waals surface area contributed by atoms with Gasteiger partial charge in [-0.2, -0.15) is 0 Å². The summed E-state index contributed by atoms with van der Waals surface area (Å²) in [6.07, 6.45) is 1.81. The van der Waals surface area contributed by atoms with Gasteiger partial charge >= 0.3 is 0 Å². The van der Waals surface area contributed by atoms with Crippen LogP contribution in [-0.4, -0.2) is 18.1 Å². The number of nitrogens with one attached hydrogen (secondary N) is 1. The maximum Gasteiger partial charge on any atom is 0.222 e. The van der Waals surface area contributed by atoms with Crippen LogP contribution in [0.4, 0.5) is 0 Å². The zero-order valence-corrected chi connectivity index (χ0v) is 10.7. The predicted molar refractivity (Wildman–Crippen MR) is 68.8 cm³/mol. The molecule has 3 heteroatoms. The topological polar surface area (TPSA) is 49.3 Å². The van der Waals surface area contributed by atoms with Crippen LogP contribution in [-0.2, 0) is 11.2 Å². The molecule has 1 rings (SSSR count). The summed E-state index contributed by atoms with van der Waals surface area (Å²) < 4.78 is 0. The van der Waals surface area contributed by atoms with E-state index in [1.807, 2.05) is 19.1 Å². The predicted octanol–water partition coefficient (Wildman–Crippen LogP) is 2.34. The number of benzene rings is 1. The van der Waals surface area contributed by atoms with Crippen molar-refractivity contribution >= 4 is 5.91 Å². The molecule has 17 heavy (non-hydrogen) atoms. The molecule has 0 aliphatic rings. The van der Waals surface area contributed by atoms with Crippen molar-refractivity contribution in [3.63, 3.8) is 0 Å². The lowest BCUT2D eigenvalue weighted by Gasteiger charge is -2.16. The van der Waals surface area contributed by atoms with Crippen LogP contribution in [0.3, 0.4) is 0 Å². The van der Waals surface area contributed by atoms with E-state index >= 15 is 0 Å². The number of aromatic hydroxyl groups is 1. The highest BCUT2D eigenvalue weighted by Gasteiger charge is 2.15. The van der Waals surface area contributed by atoms with E-state index in [2.05, 4.69) is 12.2 Å². The maximum atomic E-state index is 11.4. The molecule has 0 aromatic heterocycles. The van der Waals surface area contributed by atoms with E-state index in [-0.39, 0.29) is 11.8 Å². The molecule has 0 bridgehead atoms. The molecule has 1 aromatic rings. The van der Waals surface area contributed by atoms with E-state index in [1.165, 1.54) is 5.56 Å². The second-order valence-electron chi connectivity index (χ2n) is 4.73. The summed E-state index contributed by atoms with van der Waals surface area (Å²) in [5.41, 5.74) is 1.19. The fourth-order valence-corrected chi connectivity index (χ4v) is 2.07. The summed E-state index contributed by atoms with van der Waals surface area (Å²) in [4.78, 5) is 11.4. The molecule has 2 N–H and O–H groups in total. The highest BCUT2D eigenvalue weighted by molar-refractivity contribution is 5.77. The molecule has 2 atom stereocenters. The van der Waals surface area contributed by atoms with Gasteiger partial charge in [0.25, 0.3) is 0 Å². The summed E-state index contributed by atoms with van der Waals surface area (Å²) >= 11 is 0. The van der Waals surface area contributed by atoms with E-state index in [9.17, 15) is 9.90 Å². The van der Waals surface area contributed by atoms with Crippen LogP contribution in [0, 0.1) is 11.8 Å². The third-order valence-corrected chi connectivity index (χ3v) is 2.97. The number of hydrogen-bond acceptors (Lipinski definition) is 2. The molecular weight excluding hydrogens is 214 g/mol. The molecule has 0 saturated carbocycles. The first-order chi connectivity index (χ1) is 8.02. The molecule has 0 spiro atoms. The molecule has 0 unspecified atom stereocenters. The van der Waals surface area contributed by atoms with E-state index in [0.29, 0.717) is 11.7 Å². The van der Waals surface area contributed by atoms with Gasteiger partial charge in [0.15, 0.2) is 0 Å². The first-order valence-electron chi connectivity index (χ1n) is 6.02. The standard InChI is InChI=1S/C14H21NO2/c1-10(8-11(2)14(17)15-3)9-12-4-6-13(16)7-5-12/h4-7,10-11,16H,8-9H2,1-3H3,(H,15,17)/t10-,11+/m1/s1. The van der Waals surface area contributed by atoms with Gasteiger partial charge in [-0.1, -0.05) is 26.0 Å². The van der Waals surface area contributed by atoms with Crippen molar-refractivity contribution in [1.82, 2.24) is 5.32 Å². The second kappa shape index (κ2) is 6.28. The lowest BCUT2D eigenvalue weighted by Crippen LogP contribution is -2.26. The highest BCUT2D eigenvalue weighted by Crippen LogP contribution is 2.18. The summed E-state index contributed by atoms with van der Waals surface area (Å²) in [5.74, 6) is 0.890. The first kappa shape index (κ1) is 13.6. The van der Waals surface area contributed by atoms with Gasteiger partial charge < -0.3 is 10.4 Å². The lowest BCUT2D eigenvalue weighted by atomic mass is 9.91. The zero-order chi connectivity index (χ0) is 12.8. The number of phenolic OH excluding ortho intramolecular Hbond substituents is 1. The van der Waals surface area contributed by atoms with Gasteiger partial charge in [0.05, 0.1) is 0 Å². The number of carbonyl (C=O) groups excluding carboxylic acids is 1. The molecule has 0 aliphatic carbocycles. The van der Waals surface area contributed by atoms with Crippen molar-refractivity contribution in [2.75, 3.05) is 7.05 Å². The minimum absolute atomic E-state index is 0.0483. The van der Waals surface area contributed by atoms with Crippen LogP contribution in [0.1, 0.15) is 25.8 Å². The third kappa shape index (κ3) is 4.47. The van der Waals surface area contributed by atoms with Crippen LogP contribution in [0.5, 0.6) is 5.75 Å². The minimum atomic E-state index is 0.0483. The first-order valence-corrected chi connectivity index (χ1v) is 6.02.